The van der Waals surface area contributed by atoms with Crippen molar-refractivity contribution in [1.82, 2.24) is 0 Å². The predicted octanol–water partition coefficient (Wildman–Crippen LogP) is 4.08. The Kier molecular flexibility index (Phi) is 6.94. The first-order valence-electron chi connectivity index (χ1n) is 10.3. The number of cyclic esters (lactones) is 1. The molecule has 0 unspecified atom stereocenters. The zero-order valence-corrected chi connectivity index (χ0v) is 19.4. The van der Waals surface area contributed by atoms with Gasteiger partial charge in [-0.25, -0.2) is 4.79 Å². The highest BCUT2D eigenvalue weighted by atomic mass is 32.2. The second kappa shape index (κ2) is 9.51. The number of ether oxygens (including phenoxy) is 1. The van der Waals surface area contributed by atoms with Gasteiger partial charge in [-0.1, -0.05) is 35.3 Å². The summed E-state index contributed by atoms with van der Waals surface area (Å²) in [7, 11) is -4.27. The lowest BCUT2D eigenvalue weighted by Crippen LogP contribution is -2.15. The molecular formula is C25H24O7S. The fraction of sp³-hybridized carbons (Fsp3) is 0.280. The third kappa shape index (κ3) is 5.10. The average Bonchev–Trinajstić information content (AvgIpc) is 3.15. The molecule has 2 aromatic carbocycles. The third-order valence-electron chi connectivity index (χ3n) is 5.52. The van der Waals surface area contributed by atoms with E-state index >= 15 is 0 Å². The monoisotopic (exact) mass is 468 g/mol. The van der Waals surface area contributed by atoms with Crippen LogP contribution in [0, 0.1) is 26.2 Å². The summed E-state index contributed by atoms with van der Waals surface area (Å²) in [6, 6.07) is 6.14. The smallest absolute Gasteiger partial charge is 0.342 e. The van der Waals surface area contributed by atoms with Crippen LogP contribution < -0.4 is 4.18 Å². The molecule has 2 aromatic rings. The largest absolute Gasteiger partial charge is 0.481 e. The molecule has 0 spiro atoms. The fourth-order valence-corrected chi connectivity index (χ4v) is 4.57. The molecule has 0 aliphatic carbocycles. The molecule has 172 valence electrons. The topological polar surface area (TPSA) is 107 Å². The highest BCUT2D eigenvalue weighted by Gasteiger charge is 2.34. The fourth-order valence-electron chi connectivity index (χ4n) is 3.60. The van der Waals surface area contributed by atoms with Crippen LogP contribution in [0.2, 0.25) is 0 Å². The molecule has 8 heteroatoms. The van der Waals surface area contributed by atoms with E-state index in [-0.39, 0.29) is 35.7 Å². The Hall–Kier alpha value is -3.57. The van der Waals surface area contributed by atoms with Gasteiger partial charge in [-0.05, 0) is 51.3 Å². The normalized spacial score (nSPS) is 13.3. The molecule has 0 aromatic heterocycles. The van der Waals surface area contributed by atoms with Crippen LogP contribution in [-0.2, 0) is 32.7 Å². The summed E-state index contributed by atoms with van der Waals surface area (Å²) in [5, 5.41) is 8.91. The number of carboxylic acid groups (broad SMARTS) is 1. The van der Waals surface area contributed by atoms with E-state index in [1.807, 2.05) is 6.92 Å². The summed E-state index contributed by atoms with van der Waals surface area (Å²) in [5.74, 6) is 0.844. The lowest BCUT2D eigenvalue weighted by atomic mass is 9.90. The molecule has 0 saturated heterocycles. The average molecular weight is 469 g/mol. The maximum absolute atomic E-state index is 13.1. The first kappa shape index (κ1) is 24.1. The van der Waals surface area contributed by atoms with Crippen LogP contribution in [0.25, 0.3) is 0 Å². The maximum Gasteiger partial charge on any atom is 0.342 e. The van der Waals surface area contributed by atoms with Crippen molar-refractivity contribution in [3.63, 3.8) is 0 Å². The van der Waals surface area contributed by atoms with Gasteiger partial charge in [0.2, 0.25) is 0 Å². The van der Waals surface area contributed by atoms with Gasteiger partial charge in [0.15, 0.2) is 5.75 Å². The van der Waals surface area contributed by atoms with Crippen LogP contribution in [-0.4, -0.2) is 25.5 Å². The minimum Gasteiger partial charge on any atom is -0.481 e. The minimum atomic E-state index is -4.27. The van der Waals surface area contributed by atoms with Crippen LogP contribution in [0.15, 0.2) is 40.8 Å². The van der Waals surface area contributed by atoms with Crippen LogP contribution in [0.3, 0.4) is 0 Å². The number of allylic oxidation sites excluding steroid dienone is 2. The number of benzene rings is 2. The summed E-state index contributed by atoms with van der Waals surface area (Å²) < 4.78 is 36.8. The Morgan fingerprint density at radius 3 is 2.52 bits per heavy atom. The number of carboxylic acids is 1. The number of terminal acetylenes is 1. The molecule has 1 aliphatic rings. The Morgan fingerprint density at radius 2 is 1.91 bits per heavy atom. The summed E-state index contributed by atoms with van der Waals surface area (Å²) in [4.78, 5) is 23.3. The maximum atomic E-state index is 13.1. The summed E-state index contributed by atoms with van der Waals surface area (Å²) >= 11 is 0. The Morgan fingerprint density at radius 1 is 1.24 bits per heavy atom. The Labute approximate surface area is 193 Å². The van der Waals surface area contributed by atoms with Crippen molar-refractivity contribution in [1.29, 1.82) is 0 Å². The number of esters is 1. The molecular weight excluding hydrogens is 444 g/mol. The van der Waals surface area contributed by atoms with Gasteiger partial charge in [-0.15, -0.1) is 6.42 Å². The lowest BCUT2D eigenvalue weighted by Gasteiger charge is -2.18. The number of aryl methyl sites for hydroxylation is 1. The van der Waals surface area contributed by atoms with Crippen LogP contribution in [0.1, 0.15) is 57.9 Å². The predicted molar refractivity (Wildman–Crippen MR) is 122 cm³/mol. The number of carbonyl (C=O) groups is 2. The van der Waals surface area contributed by atoms with Crippen molar-refractivity contribution in [2.75, 3.05) is 0 Å². The van der Waals surface area contributed by atoms with Crippen molar-refractivity contribution in [2.45, 2.75) is 51.5 Å². The molecule has 33 heavy (non-hydrogen) atoms. The molecule has 1 N–H and O–H groups in total. The van der Waals surface area contributed by atoms with E-state index in [4.69, 9.17) is 20.4 Å². The molecule has 7 nitrogen and oxygen atoms in total. The second-order valence-corrected chi connectivity index (χ2v) is 9.43. The van der Waals surface area contributed by atoms with E-state index in [0.717, 1.165) is 11.1 Å². The molecule has 0 bridgehead atoms. The molecule has 0 radical (unpaired) electrons. The van der Waals surface area contributed by atoms with Crippen LogP contribution in [0.4, 0.5) is 0 Å². The van der Waals surface area contributed by atoms with Crippen molar-refractivity contribution in [2.24, 2.45) is 0 Å². The Balaban J connectivity index is 2.15. The van der Waals surface area contributed by atoms with Gasteiger partial charge in [-0.2, -0.15) is 8.42 Å². The first-order valence-corrected chi connectivity index (χ1v) is 11.7. The standard InChI is InChI=1S/C25H24O7S/c1-5-19-17(4)21-14-31-25(28)23(21)24(20(19)12-8-16(3)9-13-22(26)27)32-33(29,30)18-10-6-15(2)7-11-18/h1,6-8,10-11H,9,12-14H2,2-4H3,(H,26,27)/b16-8+. The van der Waals surface area contributed by atoms with E-state index in [1.165, 1.54) is 12.1 Å². The van der Waals surface area contributed by atoms with Gasteiger partial charge in [0, 0.05) is 23.1 Å². The summed E-state index contributed by atoms with van der Waals surface area (Å²) in [6.07, 6.45) is 7.97. The number of hydrogen-bond acceptors (Lipinski definition) is 6. The molecule has 1 heterocycles. The van der Waals surface area contributed by atoms with Gasteiger partial charge in [0.05, 0.1) is 0 Å². The second-order valence-electron chi connectivity index (χ2n) is 7.88. The number of rotatable bonds is 8. The molecule has 1 aliphatic heterocycles. The summed E-state index contributed by atoms with van der Waals surface area (Å²) in [6.45, 7) is 5.33. The van der Waals surface area contributed by atoms with Gasteiger partial charge < -0.3 is 14.0 Å². The lowest BCUT2D eigenvalue weighted by molar-refractivity contribution is -0.136. The zero-order valence-electron chi connectivity index (χ0n) is 18.6. The SMILES string of the molecule is C#Cc1c(C)c2c(c(OS(=O)(=O)c3ccc(C)cc3)c1C/C=C(\C)CCC(=O)O)C(=O)OC2. The van der Waals surface area contributed by atoms with Gasteiger partial charge in [0.25, 0.3) is 0 Å². The van der Waals surface area contributed by atoms with Gasteiger partial charge in [-0.3, -0.25) is 4.79 Å². The van der Waals surface area contributed by atoms with Crippen molar-refractivity contribution >= 4 is 22.1 Å². The van der Waals surface area contributed by atoms with Crippen LogP contribution in [0.5, 0.6) is 5.75 Å². The Bertz CT molecular complexity index is 1290. The number of carbonyl (C=O) groups excluding carboxylic acids is 1. The minimum absolute atomic E-state index is 0.0244. The zero-order chi connectivity index (χ0) is 24.3. The van der Waals surface area contributed by atoms with Gasteiger partial charge >= 0.3 is 22.1 Å². The quantitative estimate of drug-likeness (QED) is 0.269. The van der Waals surface area contributed by atoms with E-state index < -0.39 is 22.1 Å². The number of aliphatic carboxylic acids is 1. The van der Waals surface area contributed by atoms with Crippen LogP contribution >= 0.6 is 0 Å². The number of hydrogen-bond donors (Lipinski definition) is 1. The van der Waals surface area contributed by atoms with Crippen molar-refractivity contribution in [3.05, 3.63) is 69.3 Å². The molecule has 0 atom stereocenters. The van der Waals surface area contributed by atoms with Crippen molar-refractivity contribution in [3.8, 4) is 18.1 Å². The highest BCUT2D eigenvalue weighted by Crippen LogP contribution is 2.40. The molecule has 0 fully saturated rings. The van der Waals surface area contributed by atoms with E-state index in [0.29, 0.717) is 28.7 Å². The third-order valence-corrected chi connectivity index (χ3v) is 6.75. The highest BCUT2D eigenvalue weighted by molar-refractivity contribution is 7.87. The molecule has 0 amide bonds. The van der Waals surface area contributed by atoms with E-state index in [9.17, 15) is 18.0 Å². The van der Waals surface area contributed by atoms with Crippen molar-refractivity contribution < 1.29 is 32.0 Å². The van der Waals surface area contributed by atoms with E-state index in [2.05, 4.69) is 5.92 Å². The number of fused-ring (bicyclic) bond motifs is 1. The molecule has 3 rings (SSSR count). The molecule has 0 saturated carbocycles. The van der Waals surface area contributed by atoms with E-state index in [1.54, 1.807) is 32.1 Å². The summed E-state index contributed by atoms with van der Waals surface area (Å²) in [5.41, 5.74) is 3.64. The van der Waals surface area contributed by atoms with Gasteiger partial charge in [0.1, 0.15) is 17.1 Å². The first-order chi connectivity index (χ1) is 15.5.